The Morgan fingerprint density at radius 3 is 2.68 bits per heavy atom. The first-order valence-electron chi connectivity index (χ1n) is 5.93. The minimum Gasteiger partial charge on any atom is -0.398 e. The summed E-state index contributed by atoms with van der Waals surface area (Å²) in [4.78, 5) is 0. The van der Waals surface area contributed by atoms with Crippen molar-refractivity contribution in [2.75, 3.05) is 5.73 Å². The minimum absolute atomic E-state index is 0.664. The van der Waals surface area contributed by atoms with Crippen LogP contribution < -0.4 is 5.73 Å². The number of hydrogen-bond donors (Lipinski definition) is 1. The quantitative estimate of drug-likeness (QED) is 0.677. The maximum Gasteiger partial charge on any atom is 0.0511 e. The van der Waals surface area contributed by atoms with Crippen molar-refractivity contribution in [2.24, 2.45) is 0 Å². The topological polar surface area (TPSA) is 30.9 Å². The molecule has 0 unspecified atom stereocenters. The molecule has 0 amide bonds. The molecule has 19 heavy (non-hydrogen) atoms. The highest BCUT2D eigenvalue weighted by Crippen LogP contribution is 2.29. The fourth-order valence-corrected chi connectivity index (χ4v) is 3.07. The fourth-order valence-electron chi connectivity index (χ4n) is 2.25. The molecular formula is C15H12BrClN2. The first-order valence-corrected chi connectivity index (χ1v) is 7.10. The van der Waals surface area contributed by atoms with Crippen LogP contribution in [0.1, 0.15) is 5.56 Å². The van der Waals surface area contributed by atoms with E-state index in [4.69, 9.17) is 17.3 Å². The van der Waals surface area contributed by atoms with Crippen LogP contribution in [0.5, 0.6) is 0 Å². The van der Waals surface area contributed by atoms with Gasteiger partial charge < -0.3 is 10.3 Å². The van der Waals surface area contributed by atoms with Gasteiger partial charge in [0.25, 0.3) is 0 Å². The van der Waals surface area contributed by atoms with Crippen LogP contribution in [-0.4, -0.2) is 4.57 Å². The lowest BCUT2D eigenvalue weighted by atomic mass is 10.2. The van der Waals surface area contributed by atoms with Gasteiger partial charge in [-0.15, -0.1) is 0 Å². The summed E-state index contributed by atoms with van der Waals surface area (Å²) in [5.41, 5.74) is 8.85. The average molecular weight is 336 g/mol. The normalized spacial score (nSPS) is 11.1. The highest BCUT2D eigenvalue weighted by Gasteiger charge is 2.09. The predicted molar refractivity (Wildman–Crippen MR) is 84.6 cm³/mol. The first kappa shape index (κ1) is 12.6. The number of halogens is 2. The molecule has 4 heteroatoms. The van der Waals surface area contributed by atoms with Crippen molar-refractivity contribution in [1.29, 1.82) is 0 Å². The third-order valence-corrected chi connectivity index (χ3v) is 4.21. The molecule has 0 radical (unpaired) electrons. The summed E-state index contributed by atoms with van der Waals surface area (Å²) in [6, 6.07) is 13.8. The predicted octanol–water partition coefficient (Wildman–Crippen LogP) is 4.69. The summed E-state index contributed by atoms with van der Waals surface area (Å²) in [5.74, 6) is 0. The van der Waals surface area contributed by atoms with Crippen molar-refractivity contribution < 1.29 is 0 Å². The van der Waals surface area contributed by atoms with Gasteiger partial charge in [0.15, 0.2) is 0 Å². The van der Waals surface area contributed by atoms with Gasteiger partial charge >= 0.3 is 0 Å². The maximum absolute atomic E-state index is 6.23. The first-order chi connectivity index (χ1) is 9.16. The molecule has 0 aliphatic heterocycles. The van der Waals surface area contributed by atoms with E-state index in [1.165, 1.54) is 5.39 Å². The number of nitrogen functional groups attached to an aromatic ring is 1. The van der Waals surface area contributed by atoms with Gasteiger partial charge in [-0.1, -0.05) is 35.9 Å². The third kappa shape index (κ3) is 2.24. The van der Waals surface area contributed by atoms with E-state index in [0.29, 0.717) is 11.6 Å². The second-order valence-corrected chi connectivity index (χ2v) is 5.69. The van der Waals surface area contributed by atoms with Gasteiger partial charge in [-0.3, -0.25) is 0 Å². The molecule has 3 aromatic rings. The number of hydrogen-bond acceptors (Lipinski definition) is 1. The number of fused-ring (bicyclic) bond motifs is 1. The number of rotatable bonds is 2. The summed E-state index contributed by atoms with van der Waals surface area (Å²) in [5, 5.41) is 1.89. The molecule has 0 spiro atoms. The van der Waals surface area contributed by atoms with Crippen molar-refractivity contribution in [3.8, 4) is 0 Å². The second-order valence-electron chi connectivity index (χ2n) is 4.43. The molecule has 0 aliphatic rings. The Bertz CT molecular complexity index is 729. The molecule has 3 rings (SSSR count). The lowest BCUT2D eigenvalue weighted by molar-refractivity contribution is 0.837. The Morgan fingerprint density at radius 1 is 1.11 bits per heavy atom. The zero-order chi connectivity index (χ0) is 13.4. The summed E-state index contributed by atoms with van der Waals surface area (Å²) in [6.45, 7) is 0.664. The Labute approximate surface area is 124 Å². The molecule has 0 aliphatic carbocycles. The van der Waals surface area contributed by atoms with Crippen molar-refractivity contribution in [3.05, 3.63) is 63.7 Å². The molecule has 2 N–H and O–H groups in total. The minimum atomic E-state index is 0.664. The zero-order valence-electron chi connectivity index (χ0n) is 10.1. The number of aromatic nitrogens is 1. The molecule has 0 fully saturated rings. The van der Waals surface area contributed by atoms with E-state index < -0.39 is 0 Å². The Balaban J connectivity index is 2.11. The van der Waals surface area contributed by atoms with Crippen LogP contribution in [0, 0.1) is 0 Å². The highest BCUT2D eigenvalue weighted by atomic mass is 79.9. The summed E-state index contributed by atoms with van der Waals surface area (Å²) in [6.07, 6.45) is 2.06. The molecule has 0 saturated heterocycles. The monoisotopic (exact) mass is 334 g/mol. The van der Waals surface area contributed by atoms with Crippen LogP contribution in [0.25, 0.3) is 10.9 Å². The molecule has 0 saturated carbocycles. The van der Waals surface area contributed by atoms with E-state index in [2.05, 4.69) is 38.8 Å². The maximum atomic E-state index is 6.23. The van der Waals surface area contributed by atoms with Crippen molar-refractivity contribution in [3.63, 3.8) is 0 Å². The molecule has 96 valence electrons. The molecular weight excluding hydrogens is 324 g/mol. The smallest absolute Gasteiger partial charge is 0.0511 e. The van der Waals surface area contributed by atoms with E-state index in [1.54, 1.807) is 0 Å². The number of benzene rings is 2. The number of para-hydroxylation sites is 1. The molecule has 2 aromatic carbocycles. The van der Waals surface area contributed by atoms with E-state index in [9.17, 15) is 0 Å². The largest absolute Gasteiger partial charge is 0.398 e. The molecule has 2 nitrogen and oxygen atoms in total. The van der Waals surface area contributed by atoms with Crippen LogP contribution in [0.2, 0.25) is 5.02 Å². The van der Waals surface area contributed by atoms with Gasteiger partial charge in [0.2, 0.25) is 0 Å². The SMILES string of the molecule is Nc1cccc(Cl)c1Cn1cc(Br)c2ccccc21. The lowest BCUT2D eigenvalue weighted by Gasteiger charge is -2.10. The number of nitrogens with zero attached hydrogens (tertiary/aromatic N) is 1. The van der Waals surface area contributed by atoms with Crippen LogP contribution in [0.15, 0.2) is 53.1 Å². The van der Waals surface area contributed by atoms with Gasteiger partial charge in [0.1, 0.15) is 0 Å². The standard InChI is InChI=1S/C15H12BrClN2/c16-12-9-19(15-7-2-1-4-10(12)15)8-11-13(17)5-3-6-14(11)18/h1-7,9H,8,18H2. The van der Waals surface area contributed by atoms with Gasteiger partial charge in [0, 0.05) is 37.8 Å². The van der Waals surface area contributed by atoms with Crippen molar-refractivity contribution in [1.82, 2.24) is 4.57 Å². The Hall–Kier alpha value is -1.45. The fraction of sp³-hybridized carbons (Fsp3) is 0.0667. The molecule has 1 aromatic heterocycles. The molecule has 0 bridgehead atoms. The molecule has 1 heterocycles. The van der Waals surface area contributed by atoms with Crippen LogP contribution in [-0.2, 0) is 6.54 Å². The van der Waals surface area contributed by atoms with E-state index in [0.717, 1.165) is 21.2 Å². The van der Waals surface area contributed by atoms with Gasteiger partial charge in [-0.05, 0) is 34.1 Å². The lowest BCUT2D eigenvalue weighted by Crippen LogP contribution is -2.02. The van der Waals surface area contributed by atoms with Crippen molar-refractivity contribution >= 4 is 44.1 Å². The second kappa shape index (κ2) is 4.91. The van der Waals surface area contributed by atoms with E-state index >= 15 is 0 Å². The van der Waals surface area contributed by atoms with Gasteiger partial charge in [-0.2, -0.15) is 0 Å². The summed E-state index contributed by atoms with van der Waals surface area (Å²) in [7, 11) is 0. The molecule has 0 atom stereocenters. The van der Waals surface area contributed by atoms with Crippen LogP contribution in [0.3, 0.4) is 0 Å². The van der Waals surface area contributed by atoms with E-state index in [-0.39, 0.29) is 0 Å². The summed E-state index contributed by atoms with van der Waals surface area (Å²) >= 11 is 9.82. The van der Waals surface area contributed by atoms with Gasteiger partial charge in [-0.25, -0.2) is 0 Å². The zero-order valence-corrected chi connectivity index (χ0v) is 12.4. The summed E-state index contributed by atoms with van der Waals surface area (Å²) < 4.78 is 3.23. The average Bonchev–Trinajstić information content (AvgIpc) is 2.72. The number of anilines is 1. The van der Waals surface area contributed by atoms with Crippen LogP contribution in [0.4, 0.5) is 5.69 Å². The number of nitrogens with two attached hydrogens (primary N) is 1. The highest BCUT2D eigenvalue weighted by molar-refractivity contribution is 9.10. The third-order valence-electron chi connectivity index (χ3n) is 3.22. The van der Waals surface area contributed by atoms with Crippen molar-refractivity contribution in [2.45, 2.75) is 6.54 Å². The Morgan fingerprint density at radius 2 is 1.89 bits per heavy atom. The van der Waals surface area contributed by atoms with E-state index in [1.807, 2.05) is 30.3 Å². The van der Waals surface area contributed by atoms with Crippen LogP contribution >= 0.6 is 27.5 Å². The Kier molecular flexibility index (Phi) is 3.25. The van der Waals surface area contributed by atoms with Gasteiger partial charge in [0.05, 0.1) is 6.54 Å².